The molecule has 1 amide bonds. The van der Waals surface area contributed by atoms with Crippen molar-refractivity contribution in [1.29, 1.82) is 0 Å². The zero-order valence-corrected chi connectivity index (χ0v) is 25.3. The number of halogens is 1. The van der Waals surface area contributed by atoms with Crippen LogP contribution in [0.1, 0.15) is 97.5 Å². The average molecular weight is 550 g/mol. The number of unbranched alkanes of at least 4 members (excludes halogenated alkanes) is 1. The molecule has 4 bridgehead atoms. The Morgan fingerprint density at radius 2 is 1.65 bits per heavy atom. The molecule has 0 aliphatic heterocycles. The Bertz CT molecular complexity index is 1030. The fraction of sp³-hybridized carbons (Fsp3) is 0.571. The molecule has 5 atom stereocenters. The molecule has 0 aromatic heterocycles. The van der Waals surface area contributed by atoms with Gasteiger partial charge >= 0.3 is 0 Å². The van der Waals surface area contributed by atoms with E-state index in [0.717, 1.165) is 54.8 Å². The van der Waals surface area contributed by atoms with Crippen LogP contribution in [0.5, 0.6) is 0 Å². The van der Waals surface area contributed by atoms with E-state index >= 15 is 0 Å². The predicted octanol–water partition coefficient (Wildman–Crippen LogP) is 8.42. The van der Waals surface area contributed by atoms with Gasteiger partial charge < -0.3 is 16.4 Å². The van der Waals surface area contributed by atoms with E-state index in [4.69, 9.17) is 5.73 Å². The number of hydrogen-bond donors (Lipinski definition) is 3. The molecule has 4 nitrogen and oxygen atoms in total. The van der Waals surface area contributed by atoms with E-state index < -0.39 is 0 Å². The number of allylic oxidation sites excluding steroid dienone is 1. The normalized spacial score (nSPS) is 26.5. The van der Waals surface area contributed by atoms with Gasteiger partial charge in [0.1, 0.15) is 5.82 Å². The Morgan fingerprint density at radius 3 is 2.17 bits per heavy atom. The molecule has 4 aliphatic carbocycles. The molecule has 5 unspecified atom stereocenters. The van der Waals surface area contributed by atoms with Crippen LogP contribution in [0, 0.1) is 29.0 Å². The number of carbonyl (C=O) groups is 1. The Hall–Kier alpha value is -2.66. The van der Waals surface area contributed by atoms with E-state index in [2.05, 4.69) is 54.8 Å². The van der Waals surface area contributed by atoms with Crippen molar-refractivity contribution in [2.45, 2.75) is 104 Å². The van der Waals surface area contributed by atoms with E-state index in [1.165, 1.54) is 49.8 Å². The molecule has 0 radical (unpaired) electrons. The first kappa shape index (κ1) is 31.9. The molecule has 4 N–H and O–H groups in total. The summed E-state index contributed by atoms with van der Waals surface area (Å²) in [7, 11) is 0. The van der Waals surface area contributed by atoms with Gasteiger partial charge in [-0.1, -0.05) is 63.9 Å². The van der Waals surface area contributed by atoms with Crippen LogP contribution in [0.4, 0.5) is 10.1 Å². The van der Waals surface area contributed by atoms with Crippen LogP contribution in [0.2, 0.25) is 0 Å². The van der Waals surface area contributed by atoms with Gasteiger partial charge in [-0.25, -0.2) is 4.39 Å². The van der Waals surface area contributed by atoms with Gasteiger partial charge in [0.15, 0.2) is 0 Å². The molecule has 2 aromatic rings. The maximum absolute atomic E-state index is 13.2. The molecule has 4 saturated carbocycles. The predicted molar refractivity (Wildman–Crippen MR) is 166 cm³/mol. The summed E-state index contributed by atoms with van der Waals surface area (Å²) >= 11 is 0. The minimum atomic E-state index is -0.233. The average Bonchev–Trinajstić information content (AvgIpc) is 3.38. The highest BCUT2D eigenvalue weighted by Crippen LogP contribution is 2.65. The molecule has 220 valence electrons. The molecular weight excluding hydrogens is 497 g/mol. The number of nitrogens with one attached hydrogen (secondary N) is 2. The number of hydrogen-bond acceptors (Lipinski definition) is 3. The molecule has 5 heteroatoms. The van der Waals surface area contributed by atoms with E-state index in [1.807, 2.05) is 26.8 Å². The van der Waals surface area contributed by atoms with Crippen molar-refractivity contribution < 1.29 is 9.18 Å². The van der Waals surface area contributed by atoms with E-state index in [9.17, 15) is 9.18 Å². The van der Waals surface area contributed by atoms with Crippen LogP contribution in [0.25, 0.3) is 0 Å². The highest BCUT2D eigenvalue weighted by Gasteiger charge is 2.57. The standard InChI is InChI=1S/C21H27FN2.C12H19NO.C2H6/c1-3-4-10-20(17-8-6-5-7-9-17)21(15-16(2)23)24-19-13-11-18(22)12-14-19;1-8(13-7-14)12-4-9-2-10(5-12)11(3-9)6-12;1-2/h5-9,11-16,20,24H,3-4,10,23H2,1-2H3;7-11H,2-6H2,1H3,(H,13,14);1-2H3/b21-15-;;. The first-order valence-electron chi connectivity index (χ1n) is 15.6. The van der Waals surface area contributed by atoms with Gasteiger partial charge in [-0.15, -0.1) is 0 Å². The second-order valence-corrected chi connectivity index (χ2v) is 12.1. The van der Waals surface area contributed by atoms with E-state index in [0.29, 0.717) is 11.5 Å². The number of carbonyl (C=O) groups excluding carboxylic acids is 1. The summed E-state index contributed by atoms with van der Waals surface area (Å²) in [5.74, 6) is 3.02. The Kier molecular flexibility index (Phi) is 12.2. The van der Waals surface area contributed by atoms with Crippen LogP contribution >= 0.6 is 0 Å². The Balaban J connectivity index is 0.000000231. The van der Waals surface area contributed by atoms with Crippen molar-refractivity contribution in [2.24, 2.45) is 28.9 Å². The van der Waals surface area contributed by atoms with Gasteiger partial charge in [0.25, 0.3) is 0 Å². The first-order chi connectivity index (χ1) is 19.3. The van der Waals surface area contributed by atoms with Crippen molar-refractivity contribution in [3.8, 4) is 0 Å². The lowest BCUT2D eigenvalue weighted by Gasteiger charge is -2.42. The molecule has 4 fully saturated rings. The fourth-order valence-electron chi connectivity index (χ4n) is 7.51. The third-order valence-electron chi connectivity index (χ3n) is 9.21. The lowest BCUT2D eigenvalue weighted by atomic mass is 9.66. The van der Waals surface area contributed by atoms with Gasteiger partial charge in [-0.05, 0) is 111 Å². The molecule has 6 rings (SSSR count). The van der Waals surface area contributed by atoms with Crippen LogP contribution in [0.3, 0.4) is 0 Å². The maximum atomic E-state index is 13.2. The number of anilines is 1. The van der Waals surface area contributed by atoms with Gasteiger partial charge in [-0.3, -0.25) is 4.79 Å². The number of amides is 1. The van der Waals surface area contributed by atoms with Crippen LogP contribution in [-0.4, -0.2) is 18.5 Å². The monoisotopic (exact) mass is 549 g/mol. The minimum absolute atomic E-state index is 0.0548. The zero-order chi connectivity index (χ0) is 29.1. The smallest absolute Gasteiger partial charge is 0.207 e. The van der Waals surface area contributed by atoms with E-state index in [1.54, 1.807) is 12.1 Å². The number of nitrogens with two attached hydrogens (primary N) is 1. The summed E-state index contributed by atoms with van der Waals surface area (Å²) < 4.78 is 13.2. The van der Waals surface area contributed by atoms with Gasteiger partial charge in [0.2, 0.25) is 6.41 Å². The van der Waals surface area contributed by atoms with Crippen LogP contribution in [-0.2, 0) is 4.79 Å². The van der Waals surface area contributed by atoms with Crippen molar-refractivity contribution in [3.63, 3.8) is 0 Å². The van der Waals surface area contributed by atoms with Gasteiger partial charge in [0.05, 0.1) is 0 Å². The zero-order valence-electron chi connectivity index (χ0n) is 25.3. The van der Waals surface area contributed by atoms with Crippen molar-refractivity contribution >= 4 is 12.1 Å². The largest absolute Gasteiger partial charge is 0.359 e. The van der Waals surface area contributed by atoms with Crippen LogP contribution in [0.15, 0.2) is 66.4 Å². The molecule has 40 heavy (non-hydrogen) atoms. The number of benzene rings is 2. The lowest BCUT2D eigenvalue weighted by molar-refractivity contribution is -0.111. The summed E-state index contributed by atoms with van der Waals surface area (Å²) in [6.07, 6.45) is 13.4. The van der Waals surface area contributed by atoms with Gasteiger partial charge in [-0.2, -0.15) is 0 Å². The topological polar surface area (TPSA) is 67.2 Å². The third kappa shape index (κ3) is 8.19. The van der Waals surface area contributed by atoms with Crippen LogP contribution < -0.4 is 16.4 Å². The highest BCUT2D eigenvalue weighted by molar-refractivity contribution is 5.51. The van der Waals surface area contributed by atoms with Crippen molar-refractivity contribution in [2.75, 3.05) is 5.32 Å². The second-order valence-electron chi connectivity index (χ2n) is 12.1. The Morgan fingerprint density at radius 1 is 1.02 bits per heavy atom. The lowest BCUT2D eigenvalue weighted by Crippen LogP contribution is -2.44. The molecule has 4 aliphatic rings. The summed E-state index contributed by atoms with van der Waals surface area (Å²) in [5.41, 5.74) is 9.75. The minimum Gasteiger partial charge on any atom is -0.359 e. The quantitative estimate of drug-likeness (QED) is 0.247. The highest BCUT2D eigenvalue weighted by atomic mass is 19.1. The van der Waals surface area contributed by atoms with E-state index in [-0.39, 0.29) is 17.8 Å². The summed E-state index contributed by atoms with van der Waals surface area (Å²) in [5, 5.41) is 6.45. The first-order valence-corrected chi connectivity index (χ1v) is 15.6. The summed E-state index contributed by atoms with van der Waals surface area (Å²) in [4.78, 5) is 10.5. The second kappa shape index (κ2) is 15.4. The van der Waals surface area contributed by atoms with Crippen molar-refractivity contribution in [3.05, 3.63) is 77.8 Å². The maximum Gasteiger partial charge on any atom is 0.207 e. The number of rotatable bonds is 11. The fourth-order valence-corrected chi connectivity index (χ4v) is 7.51. The molecule has 0 spiro atoms. The molecular formula is C35H52FN3O. The molecule has 0 saturated heterocycles. The summed E-state index contributed by atoms with van der Waals surface area (Å²) in [6.45, 7) is 10.4. The van der Waals surface area contributed by atoms with Gasteiger partial charge in [0, 0.05) is 29.4 Å². The molecule has 2 aromatic carbocycles. The third-order valence-corrected chi connectivity index (χ3v) is 9.21. The summed E-state index contributed by atoms with van der Waals surface area (Å²) in [6, 6.07) is 17.3. The Labute approximate surface area is 242 Å². The molecule has 0 heterocycles. The SMILES string of the molecule is CC.CC(NC=O)C12CC3CC(C1)C(C3)C2.CCCCC(/C(=C/C(C)N)Nc1ccc(F)cc1)c1ccccc1. The van der Waals surface area contributed by atoms with Crippen molar-refractivity contribution in [1.82, 2.24) is 5.32 Å².